The van der Waals surface area contributed by atoms with Crippen molar-refractivity contribution in [3.05, 3.63) is 64.7 Å². The summed E-state index contributed by atoms with van der Waals surface area (Å²) in [7, 11) is -3.59. The third-order valence-electron chi connectivity index (χ3n) is 8.62. The smallest absolute Gasteiger partial charge is 0.406 e. The predicted molar refractivity (Wildman–Crippen MR) is 164 cm³/mol. The molecule has 3 unspecified atom stereocenters. The molecule has 0 aromatic heterocycles. The molecule has 2 fully saturated rings. The number of ether oxygens (including phenoxy) is 2. The molecule has 3 aliphatic heterocycles. The number of anilines is 1. The fourth-order valence-corrected chi connectivity index (χ4v) is 7.85. The molecule has 2 aromatic rings. The Hall–Kier alpha value is -3.13. The predicted octanol–water partition coefficient (Wildman–Crippen LogP) is 4.59. The van der Waals surface area contributed by atoms with Gasteiger partial charge in [0.25, 0.3) is 0 Å². The zero-order chi connectivity index (χ0) is 32.5. The Morgan fingerprint density at radius 2 is 1.98 bits per heavy atom. The molecule has 1 amide bonds. The fraction of sp³-hybridized carbons (Fsp3) is 0.531. The molecule has 45 heavy (non-hydrogen) atoms. The molecule has 3 atom stereocenters. The van der Waals surface area contributed by atoms with E-state index in [1.807, 2.05) is 19.1 Å². The molecule has 2 N–H and O–H groups in total. The number of aliphatic hydroxyl groups is 1. The van der Waals surface area contributed by atoms with Gasteiger partial charge in [-0.2, -0.15) is 0 Å². The van der Waals surface area contributed by atoms with E-state index in [0.717, 1.165) is 22.4 Å². The SMILES string of the molecule is Cc1cc(N(CCO)C(=O)C(C)C)ccc1CCS(=O)(=O)N1CCCC2=C(c3cccc(OC(F)(F)F)c3)NC3OC3C2CC1. The van der Waals surface area contributed by atoms with Gasteiger partial charge in [0, 0.05) is 48.4 Å². The Labute approximate surface area is 262 Å². The summed E-state index contributed by atoms with van der Waals surface area (Å²) in [6.07, 6.45) is -3.17. The molecule has 9 nitrogen and oxygen atoms in total. The largest absolute Gasteiger partial charge is 0.573 e. The monoisotopic (exact) mass is 651 g/mol. The first kappa shape index (κ1) is 33.2. The molecule has 0 bridgehead atoms. The number of benzene rings is 2. The van der Waals surface area contributed by atoms with Crippen LogP contribution in [0, 0.1) is 18.8 Å². The summed E-state index contributed by atoms with van der Waals surface area (Å²) in [6.45, 7) is 6.16. The number of rotatable bonds is 10. The molecule has 13 heteroatoms. The molecular formula is C32H40F3N3O6S. The summed E-state index contributed by atoms with van der Waals surface area (Å²) < 4.78 is 77.1. The molecule has 0 aliphatic carbocycles. The Bertz CT molecular complexity index is 1540. The number of nitrogens with one attached hydrogen (secondary N) is 1. The van der Waals surface area contributed by atoms with E-state index >= 15 is 0 Å². The Kier molecular flexibility index (Phi) is 9.83. The van der Waals surface area contributed by atoms with E-state index < -0.39 is 16.4 Å². The van der Waals surface area contributed by atoms with Crippen LogP contribution >= 0.6 is 0 Å². The summed E-state index contributed by atoms with van der Waals surface area (Å²) >= 11 is 0. The maximum Gasteiger partial charge on any atom is 0.573 e. The second kappa shape index (κ2) is 13.3. The Balaban J connectivity index is 1.26. The third kappa shape index (κ3) is 7.82. The molecule has 0 spiro atoms. The fourth-order valence-electron chi connectivity index (χ4n) is 6.32. The number of hydrogen-bond donors (Lipinski definition) is 2. The molecule has 3 heterocycles. The van der Waals surface area contributed by atoms with Crippen LogP contribution in [-0.4, -0.2) is 74.4 Å². The summed E-state index contributed by atoms with van der Waals surface area (Å²) in [5.74, 6) is -0.746. The van der Waals surface area contributed by atoms with Crippen molar-refractivity contribution in [1.29, 1.82) is 0 Å². The van der Waals surface area contributed by atoms with Gasteiger partial charge in [-0.25, -0.2) is 12.7 Å². The summed E-state index contributed by atoms with van der Waals surface area (Å²) in [5, 5.41) is 12.8. The first-order valence-electron chi connectivity index (χ1n) is 15.3. The first-order valence-corrected chi connectivity index (χ1v) is 16.9. The molecule has 5 rings (SSSR count). The number of amides is 1. The highest BCUT2D eigenvalue weighted by atomic mass is 32.2. The highest BCUT2D eigenvalue weighted by molar-refractivity contribution is 7.89. The number of hydrogen-bond acceptors (Lipinski definition) is 7. The van der Waals surface area contributed by atoms with Crippen molar-refractivity contribution < 1.29 is 41.0 Å². The first-order chi connectivity index (χ1) is 21.3. The van der Waals surface area contributed by atoms with Gasteiger partial charge in [-0.05, 0) is 73.6 Å². The zero-order valence-corrected chi connectivity index (χ0v) is 26.5. The standard InChI is InChI=1S/C32H40F3N3O6S/c1-20(2)31(40)38(15-16-39)24-10-9-22(21(3)18-24)12-17-45(41,42)37-13-5-8-26-27(11-14-37)29-30(43-29)36-28(26)23-6-4-7-25(19-23)44-32(33,34)35/h4,6-7,9-10,18-20,27,29-30,36,39H,5,8,11-17H2,1-3H3. The number of nitrogens with zero attached hydrogens (tertiary/aromatic N) is 2. The second-order valence-corrected chi connectivity index (χ2v) is 14.2. The number of halogens is 3. The normalized spacial score (nSPS) is 22.2. The van der Waals surface area contributed by atoms with E-state index in [1.54, 1.807) is 35.2 Å². The average Bonchev–Trinajstić information content (AvgIpc) is 3.73. The minimum absolute atomic E-state index is 0.0540. The lowest BCUT2D eigenvalue weighted by Crippen LogP contribution is -2.40. The molecule has 2 saturated heterocycles. The van der Waals surface area contributed by atoms with E-state index in [2.05, 4.69) is 10.1 Å². The second-order valence-electron chi connectivity index (χ2n) is 12.1. The number of epoxide rings is 1. The van der Waals surface area contributed by atoms with E-state index in [9.17, 15) is 31.5 Å². The van der Waals surface area contributed by atoms with Crippen LogP contribution < -0.4 is 15.0 Å². The van der Waals surface area contributed by atoms with Gasteiger partial charge in [0.2, 0.25) is 15.9 Å². The molecule has 3 aliphatic rings. The summed E-state index contributed by atoms with van der Waals surface area (Å²) in [5.41, 5.74) is 4.75. The molecule has 0 radical (unpaired) electrons. The number of carbonyl (C=O) groups is 1. The Morgan fingerprint density at radius 3 is 2.67 bits per heavy atom. The maximum absolute atomic E-state index is 13.5. The molecular weight excluding hydrogens is 611 g/mol. The minimum atomic E-state index is -4.80. The lowest BCUT2D eigenvalue weighted by Gasteiger charge is -2.33. The Morgan fingerprint density at radius 1 is 1.20 bits per heavy atom. The van der Waals surface area contributed by atoms with Crippen LogP contribution in [0.5, 0.6) is 5.75 Å². The van der Waals surface area contributed by atoms with Gasteiger partial charge in [0.05, 0.1) is 12.4 Å². The van der Waals surface area contributed by atoms with Crippen LogP contribution in [0.15, 0.2) is 48.0 Å². The van der Waals surface area contributed by atoms with Gasteiger partial charge >= 0.3 is 6.36 Å². The van der Waals surface area contributed by atoms with E-state index in [0.29, 0.717) is 50.0 Å². The van der Waals surface area contributed by atoms with Gasteiger partial charge in [-0.15, -0.1) is 13.2 Å². The van der Waals surface area contributed by atoms with Crippen LogP contribution in [0.4, 0.5) is 18.9 Å². The minimum Gasteiger partial charge on any atom is -0.406 e. The van der Waals surface area contributed by atoms with Crippen molar-refractivity contribution in [3.8, 4) is 5.75 Å². The zero-order valence-electron chi connectivity index (χ0n) is 25.6. The van der Waals surface area contributed by atoms with Crippen molar-refractivity contribution in [2.45, 2.75) is 65.1 Å². The lowest BCUT2D eigenvalue weighted by molar-refractivity contribution is -0.274. The molecule has 2 aromatic carbocycles. The van der Waals surface area contributed by atoms with Crippen molar-refractivity contribution in [3.63, 3.8) is 0 Å². The molecule has 0 saturated carbocycles. The summed E-state index contributed by atoms with van der Waals surface area (Å²) in [4.78, 5) is 14.2. The number of sulfonamides is 1. The van der Waals surface area contributed by atoms with Crippen LogP contribution in [-0.2, 0) is 26.0 Å². The quantitative estimate of drug-likeness (QED) is 0.362. The highest BCUT2D eigenvalue weighted by Gasteiger charge is 2.51. The average molecular weight is 652 g/mol. The van der Waals surface area contributed by atoms with Crippen LogP contribution in [0.2, 0.25) is 0 Å². The number of aliphatic hydroxyl groups excluding tert-OH is 1. The van der Waals surface area contributed by atoms with Crippen molar-refractivity contribution in [2.24, 2.45) is 11.8 Å². The number of fused-ring (bicyclic) bond motifs is 3. The van der Waals surface area contributed by atoms with Gasteiger partial charge in [-0.1, -0.05) is 32.0 Å². The molecule has 246 valence electrons. The number of aryl methyl sites for hydroxylation is 2. The topological polar surface area (TPSA) is 112 Å². The van der Waals surface area contributed by atoms with Crippen molar-refractivity contribution in [2.75, 3.05) is 36.9 Å². The summed E-state index contributed by atoms with van der Waals surface area (Å²) in [6, 6.07) is 11.4. The van der Waals surface area contributed by atoms with Crippen LogP contribution in [0.1, 0.15) is 49.8 Å². The van der Waals surface area contributed by atoms with Crippen LogP contribution in [0.3, 0.4) is 0 Å². The van der Waals surface area contributed by atoms with Gasteiger partial charge < -0.3 is 24.8 Å². The maximum atomic E-state index is 13.5. The van der Waals surface area contributed by atoms with Crippen molar-refractivity contribution in [1.82, 2.24) is 9.62 Å². The highest BCUT2D eigenvalue weighted by Crippen LogP contribution is 2.45. The lowest BCUT2D eigenvalue weighted by atomic mass is 9.82. The van der Waals surface area contributed by atoms with Crippen molar-refractivity contribution >= 4 is 27.3 Å². The number of carbonyl (C=O) groups excluding carboxylic acids is 1. The van der Waals surface area contributed by atoms with Gasteiger partial charge in [-0.3, -0.25) is 4.79 Å². The number of alkyl halides is 3. The van der Waals surface area contributed by atoms with Crippen LogP contribution in [0.25, 0.3) is 5.70 Å². The van der Waals surface area contributed by atoms with Gasteiger partial charge in [0.15, 0.2) is 6.23 Å². The van der Waals surface area contributed by atoms with E-state index in [4.69, 9.17) is 4.74 Å². The van der Waals surface area contributed by atoms with Gasteiger partial charge in [0.1, 0.15) is 11.9 Å². The van der Waals surface area contributed by atoms with E-state index in [1.165, 1.54) is 18.2 Å². The van der Waals surface area contributed by atoms with E-state index in [-0.39, 0.29) is 54.7 Å². The third-order valence-corrected chi connectivity index (χ3v) is 10.5.